The summed E-state index contributed by atoms with van der Waals surface area (Å²) in [5.41, 5.74) is 1.67. The first kappa shape index (κ1) is 14.2. The molecule has 0 radical (unpaired) electrons. The summed E-state index contributed by atoms with van der Waals surface area (Å²) in [6.07, 6.45) is 3.21. The van der Waals surface area contributed by atoms with Crippen molar-refractivity contribution in [2.24, 2.45) is 0 Å². The SMILES string of the molecule is c1csc(Cc2nnc(Sc3nc4ccccc4o3)n2C2CC2)c1. The largest absolute Gasteiger partial charge is 0.431 e. The van der Waals surface area contributed by atoms with E-state index in [2.05, 4.69) is 37.3 Å². The molecule has 1 aliphatic carbocycles. The number of fused-ring (bicyclic) bond motifs is 1. The second-order valence-electron chi connectivity index (χ2n) is 5.81. The van der Waals surface area contributed by atoms with Gasteiger partial charge in [0.05, 0.1) is 0 Å². The highest BCUT2D eigenvalue weighted by Gasteiger charge is 2.30. The molecule has 0 aliphatic heterocycles. The molecular weight excluding hydrogens is 340 g/mol. The molecule has 5 rings (SSSR count). The Kier molecular flexibility index (Phi) is 3.41. The van der Waals surface area contributed by atoms with E-state index in [-0.39, 0.29) is 0 Å². The molecule has 0 amide bonds. The minimum Gasteiger partial charge on any atom is -0.431 e. The third-order valence-electron chi connectivity index (χ3n) is 4.01. The van der Waals surface area contributed by atoms with E-state index in [0.717, 1.165) is 28.5 Å². The van der Waals surface area contributed by atoms with E-state index in [1.165, 1.54) is 29.5 Å². The van der Waals surface area contributed by atoms with Gasteiger partial charge in [-0.05, 0) is 36.4 Å². The number of hydrogen-bond donors (Lipinski definition) is 0. The number of hydrogen-bond acceptors (Lipinski definition) is 6. The predicted octanol–water partition coefficient (Wildman–Crippen LogP) is 4.56. The maximum Gasteiger partial charge on any atom is 0.264 e. The van der Waals surface area contributed by atoms with E-state index in [1.54, 1.807) is 11.3 Å². The zero-order chi connectivity index (χ0) is 15.9. The van der Waals surface area contributed by atoms with Crippen molar-refractivity contribution in [3.63, 3.8) is 0 Å². The third-order valence-corrected chi connectivity index (χ3v) is 5.70. The van der Waals surface area contributed by atoms with Gasteiger partial charge in [0.1, 0.15) is 11.3 Å². The second kappa shape index (κ2) is 5.75. The Morgan fingerprint density at radius 2 is 2.08 bits per heavy atom. The number of nitrogens with zero attached hydrogens (tertiary/aromatic N) is 4. The van der Waals surface area contributed by atoms with Gasteiger partial charge in [-0.25, -0.2) is 4.98 Å². The van der Waals surface area contributed by atoms with Gasteiger partial charge in [-0.2, -0.15) is 0 Å². The summed E-state index contributed by atoms with van der Waals surface area (Å²) in [4.78, 5) is 5.84. The number of benzene rings is 1. The number of aromatic nitrogens is 4. The lowest BCUT2D eigenvalue weighted by Gasteiger charge is -2.06. The molecule has 0 unspecified atom stereocenters. The smallest absolute Gasteiger partial charge is 0.264 e. The van der Waals surface area contributed by atoms with Gasteiger partial charge in [-0.15, -0.1) is 21.5 Å². The molecule has 0 atom stereocenters. The van der Waals surface area contributed by atoms with Crippen LogP contribution in [0.2, 0.25) is 0 Å². The normalized spacial score (nSPS) is 14.5. The molecule has 1 aliphatic rings. The molecule has 1 aromatic carbocycles. The summed E-state index contributed by atoms with van der Waals surface area (Å²) in [7, 11) is 0. The molecule has 0 N–H and O–H groups in total. The molecule has 0 bridgehead atoms. The van der Waals surface area contributed by atoms with Crippen molar-refractivity contribution in [2.45, 2.75) is 35.7 Å². The molecule has 3 aromatic heterocycles. The zero-order valence-electron chi connectivity index (χ0n) is 12.8. The Morgan fingerprint density at radius 3 is 2.88 bits per heavy atom. The van der Waals surface area contributed by atoms with Crippen molar-refractivity contribution >= 4 is 34.2 Å². The fraction of sp³-hybridized carbons (Fsp3) is 0.235. The molecular formula is C17H14N4OS2. The monoisotopic (exact) mass is 354 g/mol. The van der Waals surface area contributed by atoms with Gasteiger partial charge >= 0.3 is 0 Å². The Hall–Kier alpha value is -2.12. The predicted molar refractivity (Wildman–Crippen MR) is 93.6 cm³/mol. The van der Waals surface area contributed by atoms with Crippen molar-refractivity contribution in [3.05, 3.63) is 52.5 Å². The van der Waals surface area contributed by atoms with Crippen LogP contribution in [0.25, 0.3) is 11.1 Å². The maximum atomic E-state index is 5.82. The minimum absolute atomic E-state index is 0.516. The fourth-order valence-electron chi connectivity index (χ4n) is 2.74. The van der Waals surface area contributed by atoms with Gasteiger partial charge in [-0.3, -0.25) is 0 Å². The van der Waals surface area contributed by atoms with Crippen LogP contribution in [0.1, 0.15) is 29.6 Å². The quantitative estimate of drug-likeness (QED) is 0.526. The number of rotatable bonds is 5. The lowest BCUT2D eigenvalue weighted by atomic mass is 10.3. The van der Waals surface area contributed by atoms with Crippen LogP contribution in [0, 0.1) is 0 Å². The van der Waals surface area contributed by atoms with E-state index >= 15 is 0 Å². The van der Waals surface area contributed by atoms with Crippen molar-refractivity contribution in [1.29, 1.82) is 0 Å². The van der Waals surface area contributed by atoms with Crippen LogP contribution < -0.4 is 0 Å². The lowest BCUT2D eigenvalue weighted by molar-refractivity contribution is 0.487. The third kappa shape index (κ3) is 2.63. The molecule has 1 fully saturated rings. The van der Waals surface area contributed by atoms with Gasteiger partial charge in [0.2, 0.25) is 5.16 Å². The van der Waals surface area contributed by atoms with E-state index in [9.17, 15) is 0 Å². The minimum atomic E-state index is 0.516. The maximum absolute atomic E-state index is 5.82. The molecule has 0 spiro atoms. The molecule has 120 valence electrons. The molecule has 3 heterocycles. The summed E-state index contributed by atoms with van der Waals surface area (Å²) in [5, 5.41) is 12.4. The summed E-state index contributed by atoms with van der Waals surface area (Å²) in [5.74, 6) is 1.03. The Morgan fingerprint density at radius 1 is 1.17 bits per heavy atom. The average molecular weight is 354 g/mol. The zero-order valence-corrected chi connectivity index (χ0v) is 14.4. The molecule has 5 nitrogen and oxygen atoms in total. The summed E-state index contributed by atoms with van der Waals surface area (Å²) >= 11 is 3.21. The van der Waals surface area contributed by atoms with Gasteiger partial charge in [0.15, 0.2) is 5.58 Å². The molecule has 1 saturated carbocycles. The van der Waals surface area contributed by atoms with Crippen LogP contribution in [0.4, 0.5) is 0 Å². The summed E-state index contributed by atoms with van der Waals surface area (Å²) < 4.78 is 8.08. The van der Waals surface area contributed by atoms with Crippen molar-refractivity contribution in [3.8, 4) is 0 Å². The Balaban J connectivity index is 1.47. The highest BCUT2D eigenvalue weighted by Crippen LogP contribution is 2.40. The molecule has 4 aromatic rings. The summed E-state index contributed by atoms with van der Waals surface area (Å²) in [6.45, 7) is 0. The van der Waals surface area contributed by atoms with E-state index in [4.69, 9.17) is 4.42 Å². The topological polar surface area (TPSA) is 56.7 Å². The van der Waals surface area contributed by atoms with Gasteiger partial charge in [0.25, 0.3) is 5.22 Å². The van der Waals surface area contributed by atoms with Crippen LogP contribution in [0.5, 0.6) is 0 Å². The van der Waals surface area contributed by atoms with Crippen LogP contribution in [-0.4, -0.2) is 19.7 Å². The molecule has 7 heteroatoms. The fourth-order valence-corrected chi connectivity index (χ4v) is 4.31. The first-order chi connectivity index (χ1) is 11.9. The molecule has 0 saturated heterocycles. The number of para-hydroxylation sites is 2. The second-order valence-corrected chi connectivity index (χ2v) is 7.76. The Labute approximate surface area is 146 Å². The van der Waals surface area contributed by atoms with E-state index < -0.39 is 0 Å². The number of oxazole rings is 1. The van der Waals surface area contributed by atoms with Crippen LogP contribution in [0.15, 0.2) is 56.6 Å². The summed E-state index contributed by atoms with van der Waals surface area (Å²) in [6, 6.07) is 12.5. The van der Waals surface area contributed by atoms with Gasteiger partial charge in [-0.1, -0.05) is 18.2 Å². The van der Waals surface area contributed by atoms with E-state index in [1.807, 2.05) is 24.3 Å². The van der Waals surface area contributed by atoms with Gasteiger partial charge < -0.3 is 8.98 Å². The highest BCUT2D eigenvalue weighted by molar-refractivity contribution is 7.99. The number of thiophene rings is 1. The van der Waals surface area contributed by atoms with Crippen molar-refractivity contribution in [1.82, 2.24) is 19.7 Å². The van der Waals surface area contributed by atoms with Crippen LogP contribution >= 0.6 is 23.1 Å². The van der Waals surface area contributed by atoms with E-state index in [0.29, 0.717) is 11.3 Å². The first-order valence-electron chi connectivity index (χ1n) is 7.86. The highest BCUT2D eigenvalue weighted by atomic mass is 32.2. The van der Waals surface area contributed by atoms with Crippen LogP contribution in [-0.2, 0) is 6.42 Å². The van der Waals surface area contributed by atoms with Crippen molar-refractivity contribution < 1.29 is 4.42 Å². The first-order valence-corrected chi connectivity index (χ1v) is 9.56. The van der Waals surface area contributed by atoms with Crippen molar-refractivity contribution in [2.75, 3.05) is 0 Å². The van der Waals surface area contributed by atoms with Crippen LogP contribution in [0.3, 0.4) is 0 Å². The van der Waals surface area contributed by atoms with Gasteiger partial charge in [0, 0.05) is 29.1 Å². The lowest BCUT2D eigenvalue weighted by Crippen LogP contribution is -2.03. The Bertz CT molecular complexity index is 952. The average Bonchev–Trinajstić information content (AvgIpc) is 2.99. The standard InChI is InChI=1S/C17H14N4OS2/c1-2-6-14-13(5-1)18-17(22-14)24-16-20-19-15(21(16)11-7-8-11)10-12-4-3-9-23-12/h1-6,9,11H,7-8,10H2. The molecule has 24 heavy (non-hydrogen) atoms.